The Kier molecular flexibility index (Phi) is 5.29. The lowest BCUT2D eigenvalue weighted by Gasteiger charge is -1.98. The first-order chi connectivity index (χ1) is 9.69. The number of hydrogen-bond acceptors (Lipinski definition) is 4. The lowest BCUT2D eigenvalue weighted by molar-refractivity contribution is -0.137. The number of rotatable bonds is 8. The highest BCUT2D eigenvalue weighted by Crippen LogP contribution is 2.19. The lowest BCUT2D eigenvalue weighted by Crippen LogP contribution is -1.96. The molecule has 1 heterocycles. The average molecular weight is 294 g/mol. The van der Waals surface area contributed by atoms with E-state index in [0.29, 0.717) is 0 Å². The third-order valence-electron chi connectivity index (χ3n) is 2.90. The molecule has 0 aliphatic rings. The maximum Gasteiger partial charge on any atom is 0.303 e. The normalized spacial score (nSPS) is 10.8. The van der Waals surface area contributed by atoms with Gasteiger partial charge in [0.2, 0.25) is 0 Å². The summed E-state index contributed by atoms with van der Waals surface area (Å²) in [5.41, 5.74) is 1.92. The van der Waals surface area contributed by atoms with E-state index >= 15 is 0 Å². The number of methoxy groups -OCH3 is 1. The van der Waals surface area contributed by atoms with Gasteiger partial charge in [-0.15, -0.1) is 0 Å². The molecule has 1 aromatic heterocycles. The Bertz CT molecular complexity index is 583. The highest BCUT2D eigenvalue weighted by molar-refractivity contribution is 7.99. The molecule has 0 amide bonds. The fourth-order valence-electron chi connectivity index (χ4n) is 1.88. The summed E-state index contributed by atoms with van der Waals surface area (Å²) in [6, 6.07) is 5.77. The molecule has 0 aliphatic heterocycles. The zero-order valence-corrected chi connectivity index (χ0v) is 12.2. The fraction of sp³-hybridized carbons (Fsp3) is 0.429. The molecule has 0 saturated heterocycles. The van der Waals surface area contributed by atoms with Crippen LogP contribution in [0.4, 0.5) is 0 Å². The van der Waals surface area contributed by atoms with Crippen molar-refractivity contribution in [1.29, 1.82) is 0 Å². The Hall–Kier alpha value is -1.69. The van der Waals surface area contributed by atoms with Gasteiger partial charge in [-0.3, -0.25) is 4.79 Å². The van der Waals surface area contributed by atoms with Gasteiger partial charge in [0.15, 0.2) is 0 Å². The number of thioether (sulfide) groups is 1. The highest BCUT2D eigenvalue weighted by Gasteiger charge is 2.04. The summed E-state index contributed by atoms with van der Waals surface area (Å²) in [5, 5.41) is 8.54. The number of carbonyl (C=O) groups is 1. The fourth-order valence-corrected chi connectivity index (χ4v) is 2.77. The number of aromatic nitrogens is 2. The number of aryl methyl sites for hydroxylation is 1. The third kappa shape index (κ3) is 4.16. The molecule has 2 aromatic rings. The molecule has 0 unspecified atom stereocenters. The molecule has 0 fully saturated rings. The van der Waals surface area contributed by atoms with E-state index in [1.165, 1.54) is 0 Å². The van der Waals surface area contributed by atoms with Gasteiger partial charge in [-0.25, -0.2) is 4.98 Å². The summed E-state index contributed by atoms with van der Waals surface area (Å²) in [7, 11) is 1.65. The number of aliphatic carboxylic acids is 1. The van der Waals surface area contributed by atoms with Gasteiger partial charge in [0, 0.05) is 24.7 Å². The maximum atomic E-state index is 10.4. The van der Waals surface area contributed by atoms with Crippen LogP contribution in [0.1, 0.15) is 18.7 Å². The number of ether oxygens (including phenoxy) is 1. The zero-order valence-electron chi connectivity index (χ0n) is 11.4. The lowest BCUT2D eigenvalue weighted by atomic mass is 10.3. The van der Waals surface area contributed by atoms with E-state index in [9.17, 15) is 4.79 Å². The number of aromatic amines is 1. The molecular weight excluding hydrogens is 276 g/mol. The van der Waals surface area contributed by atoms with Gasteiger partial charge in [0.1, 0.15) is 11.6 Å². The van der Waals surface area contributed by atoms with E-state index in [-0.39, 0.29) is 6.42 Å². The first kappa shape index (κ1) is 14.7. The van der Waals surface area contributed by atoms with Crippen LogP contribution >= 0.6 is 11.8 Å². The third-order valence-corrected chi connectivity index (χ3v) is 3.97. The number of hydrogen-bond donors (Lipinski definition) is 2. The topological polar surface area (TPSA) is 75.2 Å². The summed E-state index contributed by atoms with van der Waals surface area (Å²) >= 11 is 1.76. The van der Waals surface area contributed by atoms with Gasteiger partial charge < -0.3 is 14.8 Å². The van der Waals surface area contributed by atoms with Crippen molar-refractivity contribution in [3.05, 3.63) is 24.0 Å². The summed E-state index contributed by atoms with van der Waals surface area (Å²) in [6.45, 7) is 0. The largest absolute Gasteiger partial charge is 0.497 e. The smallest absolute Gasteiger partial charge is 0.303 e. The number of benzene rings is 1. The Morgan fingerprint density at radius 1 is 1.45 bits per heavy atom. The Morgan fingerprint density at radius 2 is 2.30 bits per heavy atom. The predicted molar refractivity (Wildman–Crippen MR) is 80.5 cm³/mol. The Morgan fingerprint density at radius 3 is 3.05 bits per heavy atom. The van der Waals surface area contributed by atoms with Crippen molar-refractivity contribution in [2.24, 2.45) is 0 Å². The van der Waals surface area contributed by atoms with E-state index < -0.39 is 5.97 Å². The quantitative estimate of drug-likeness (QED) is 0.732. The number of imidazole rings is 1. The maximum absolute atomic E-state index is 10.4. The first-order valence-electron chi connectivity index (χ1n) is 6.51. The minimum Gasteiger partial charge on any atom is -0.497 e. The van der Waals surface area contributed by atoms with Crippen LogP contribution in [0.15, 0.2) is 18.2 Å². The van der Waals surface area contributed by atoms with Crippen LogP contribution < -0.4 is 4.74 Å². The molecule has 5 nitrogen and oxygen atoms in total. The van der Waals surface area contributed by atoms with Crippen LogP contribution in [0.2, 0.25) is 0 Å². The number of H-pyrrole nitrogens is 1. The molecule has 20 heavy (non-hydrogen) atoms. The van der Waals surface area contributed by atoms with Crippen molar-refractivity contribution in [2.75, 3.05) is 18.6 Å². The highest BCUT2D eigenvalue weighted by atomic mass is 32.2. The molecule has 0 aliphatic carbocycles. The molecule has 0 saturated carbocycles. The second-order valence-corrected chi connectivity index (χ2v) is 5.65. The van der Waals surface area contributed by atoms with Gasteiger partial charge >= 0.3 is 5.97 Å². The second-order valence-electron chi connectivity index (χ2n) is 4.43. The van der Waals surface area contributed by atoms with Crippen LogP contribution in [0, 0.1) is 0 Å². The number of nitrogens with zero attached hydrogens (tertiary/aromatic N) is 1. The standard InChI is InChI=1S/C14H18N2O3S/c1-19-10-4-5-11-12(9-10)16-13(15-11)6-8-20-7-2-3-14(17)18/h4-5,9H,2-3,6-8H2,1H3,(H,15,16)(H,17,18). The van der Waals surface area contributed by atoms with Crippen LogP contribution in [0.5, 0.6) is 5.75 Å². The minimum absolute atomic E-state index is 0.247. The van der Waals surface area contributed by atoms with Gasteiger partial charge in [-0.2, -0.15) is 11.8 Å². The van der Waals surface area contributed by atoms with Crippen molar-refractivity contribution in [3.8, 4) is 5.75 Å². The van der Waals surface area contributed by atoms with Crippen molar-refractivity contribution >= 4 is 28.8 Å². The number of nitrogens with one attached hydrogen (secondary N) is 1. The van der Waals surface area contributed by atoms with Crippen LogP contribution in [-0.4, -0.2) is 39.7 Å². The van der Waals surface area contributed by atoms with E-state index in [1.807, 2.05) is 18.2 Å². The monoisotopic (exact) mass is 294 g/mol. The number of carboxylic acids is 1. The zero-order chi connectivity index (χ0) is 14.4. The molecule has 108 valence electrons. The van der Waals surface area contributed by atoms with Gasteiger partial charge in [-0.05, 0) is 24.3 Å². The number of carboxylic acid groups (broad SMARTS) is 1. The van der Waals surface area contributed by atoms with Crippen molar-refractivity contribution in [1.82, 2.24) is 9.97 Å². The molecular formula is C14H18N2O3S. The Balaban J connectivity index is 1.80. The molecule has 6 heteroatoms. The summed E-state index contributed by atoms with van der Waals surface area (Å²) in [5.74, 6) is 2.86. The predicted octanol–water partition coefficient (Wildman–Crippen LogP) is 2.71. The molecule has 2 N–H and O–H groups in total. The van der Waals surface area contributed by atoms with E-state index in [1.54, 1.807) is 18.9 Å². The SMILES string of the molecule is COc1ccc2nc(CCSCCCC(=O)O)[nH]c2c1. The van der Waals surface area contributed by atoms with E-state index in [4.69, 9.17) is 9.84 Å². The minimum atomic E-state index is -0.725. The summed E-state index contributed by atoms with van der Waals surface area (Å²) in [6.07, 6.45) is 1.82. The Labute approximate surface area is 121 Å². The average Bonchev–Trinajstić information content (AvgIpc) is 2.83. The van der Waals surface area contributed by atoms with E-state index in [0.717, 1.165) is 47.0 Å². The van der Waals surface area contributed by atoms with Crippen molar-refractivity contribution in [2.45, 2.75) is 19.3 Å². The molecule has 0 spiro atoms. The van der Waals surface area contributed by atoms with Gasteiger partial charge in [-0.1, -0.05) is 0 Å². The van der Waals surface area contributed by atoms with Crippen molar-refractivity contribution in [3.63, 3.8) is 0 Å². The molecule has 1 aromatic carbocycles. The second kappa shape index (κ2) is 7.19. The van der Waals surface area contributed by atoms with Crippen LogP contribution in [-0.2, 0) is 11.2 Å². The molecule has 0 bridgehead atoms. The summed E-state index contributed by atoms with van der Waals surface area (Å²) < 4.78 is 5.18. The summed E-state index contributed by atoms with van der Waals surface area (Å²) in [4.78, 5) is 18.2. The van der Waals surface area contributed by atoms with Crippen molar-refractivity contribution < 1.29 is 14.6 Å². The first-order valence-corrected chi connectivity index (χ1v) is 7.66. The van der Waals surface area contributed by atoms with Gasteiger partial charge in [0.05, 0.1) is 18.1 Å². The molecule has 2 rings (SSSR count). The molecule has 0 radical (unpaired) electrons. The van der Waals surface area contributed by atoms with Gasteiger partial charge in [0.25, 0.3) is 0 Å². The molecule has 0 atom stereocenters. The number of fused-ring (bicyclic) bond motifs is 1. The van der Waals surface area contributed by atoms with E-state index in [2.05, 4.69) is 9.97 Å². The van der Waals surface area contributed by atoms with Crippen LogP contribution in [0.3, 0.4) is 0 Å². The van der Waals surface area contributed by atoms with Crippen LogP contribution in [0.25, 0.3) is 11.0 Å².